The molecule has 2 aliphatic heterocycles. The molecule has 0 spiro atoms. The van der Waals surface area contributed by atoms with E-state index in [4.69, 9.17) is 5.11 Å². The number of halogens is 3. The third-order valence-electron chi connectivity index (χ3n) is 5.62. The quantitative estimate of drug-likeness (QED) is 0.772. The van der Waals surface area contributed by atoms with Gasteiger partial charge in [0, 0.05) is 31.4 Å². The third-order valence-corrected chi connectivity index (χ3v) is 5.62. The number of alkyl halides is 3. The van der Waals surface area contributed by atoms with Crippen molar-refractivity contribution in [3.63, 3.8) is 0 Å². The number of hydrogen-bond acceptors (Lipinski definition) is 6. The summed E-state index contributed by atoms with van der Waals surface area (Å²) in [6, 6.07) is 0.571. The Morgan fingerprint density at radius 3 is 2.47 bits per heavy atom. The van der Waals surface area contributed by atoms with Crippen molar-refractivity contribution in [3.8, 4) is 11.3 Å². The number of piperidine rings is 1. The number of aliphatic hydroxyl groups excluding tert-OH is 1. The number of anilines is 1. The smallest absolute Gasteiger partial charge is 0.433 e. The van der Waals surface area contributed by atoms with Gasteiger partial charge in [0.25, 0.3) is 0 Å². The molecule has 2 fully saturated rings. The van der Waals surface area contributed by atoms with Crippen LogP contribution in [-0.2, 0) is 6.18 Å². The molecule has 2 aromatic heterocycles. The van der Waals surface area contributed by atoms with E-state index in [2.05, 4.69) is 15.1 Å². The minimum atomic E-state index is -4.63. The average molecular weight is 426 g/mol. The highest BCUT2D eigenvalue weighted by Crippen LogP contribution is 2.34. The standard InChI is InChI=1S/C18H21F3N6O3/c19-18(20,21)15-7-14(23-16(24-15)26-6-3-13(26)10-28)11-8-22-27(9-11)12-1-4-25(5-2-12)17(29)30/h7-9,12-13,28H,1-6,10H2,(H,29,30)/t13-/m1/s1. The van der Waals surface area contributed by atoms with E-state index in [0.29, 0.717) is 44.5 Å². The molecule has 0 bridgehead atoms. The lowest BCUT2D eigenvalue weighted by molar-refractivity contribution is -0.141. The molecule has 0 saturated carbocycles. The summed E-state index contributed by atoms with van der Waals surface area (Å²) in [5, 5.41) is 22.7. The van der Waals surface area contributed by atoms with Gasteiger partial charge < -0.3 is 20.0 Å². The molecule has 0 aliphatic carbocycles. The fourth-order valence-electron chi connectivity index (χ4n) is 3.74. The van der Waals surface area contributed by atoms with E-state index < -0.39 is 18.0 Å². The summed E-state index contributed by atoms with van der Waals surface area (Å²) in [4.78, 5) is 21.9. The molecular formula is C18H21F3N6O3. The highest BCUT2D eigenvalue weighted by Gasteiger charge is 2.37. The maximum Gasteiger partial charge on any atom is 0.433 e. The van der Waals surface area contributed by atoms with Crippen molar-refractivity contribution < 1.29 is 28.2 Å². The highest BCUT2D eigenvalue weighted by molar-refractivity contribution is 5.65. The fourth-order valence-corrected chi connectivity index (χ4v) is 3.74. The maximum atomic E-state index is 13.4. The molecule has 0 unspecified atom stereocenters. The molecule has 2 aliphatic rings. The second kappa shape index (κ2) is 7.74. The van der Waals surface area contributed by atoms with Crippen LogP contribution in [0.2, 0.25) is 0 Å². The van der Waals surface area contributed by atoms with Crippen LogP contribution < -0.4 is 4.90 Å². The SMILES string of the molecule is O=C(O)N1CCC(n2cc(-c3cc(C(F)(F)F)nc(N4CC[C@@H]4CO)n3)cn2)CC1. The Hall–Kier alpha value is -2.89. The number of amides is 1. The first-order valence-corrected chi connectivity index (χ1v) is 9.62. The number of rotatable bonds is 4. The van der Waals surface area contributed by atoms with Gasteiger partial charge in [-0.3, -0.25) is 4.68 Å². The van der Waals surface area contributed by atoms with Crippen LogP contribution in [0.5, 0.6) is 0 Å². The van der Waals surface area contributed by atoms with Gasteiger partial charge in [0.1, 0.15) is 0 Å². The van der Waals surface area contributed by atoms with Gasteiger partial charge in [0.2, 0.25) is 5.95 Å². The lowest BCUT2D eigenvalue weighted by Crippen LogP contribution is -2.51. The molecule has 0 aromatic carbocycles. The third kappa shape index (κ3) is 3.91. The van der Waals surface area contributed by atoms with Gasteiger partial charge in [0.05, 0.1) is 30.6 Å². The van der Waals surface area contributed by atoms with Crippen molar-refractivity contribution in [2.24, 2.45) is 0 Å². The van der Waals surface area contributed by atoms with Crippen molar-refractivity contribution >= 4 is 12.0 Å². The van der Waals surface area contributed by atoms with Gasteiger partial charge in [-0.1, -0.05) is 0 Å². The van der Waals surface area contributed by atoms with Crippen molar-refractivity contribution in [1.29, 1.82) is 0 Å². The van der Waals surface area contributed by atoms with Crippen molar-refractivity contribution in [2.45, 2.75) is 37.5 Å². The molecule has 2 aromatic rings. The van der Waals surface area contributed by atoms with E-state index in [1.807, 2.05) is 0 Å². The van der Waals surface area contributed by atoms with Crippen molar-refractivity contribution in [1.82, 2.24) is 24.6 Å². The van der Waals surface area contributed by atoms with Crippen molar-refractivity contribution in [2.75, 3.05) is 31.1 Å². The first-order valence-electron chi connectivity index (χ1n) is 9.62. The summed E-state index contributed by atoms with van der Waals surface area (Å²) in [6.07, 6.45) is -0.702. The van der Waals surface area contributed by atoms with E-state index in [1.165, 1.54) is 11.1 Å². The molecule has 4 heterocycles. The van der Waals surface area contributed by atoms with Crippen LogP contribution >= 0.6 is 0 Å². The Bertz CT molecular complexity index is 924. The molecule has 1 amide bonds. The lowest BCUT2D eigenvalue weighted by atomic mass is 10.1. The van der Waals surface area contributed by atoms with Crippen LogP contribution in [0, 0.1) is 0 Å². The molecule has 30 heavy (non-hydrogen) atoms. The van der Waals surface area contributed by atoms with Gasteiger partial charge >= 0.3 is 12.3 Å². The summed E-state index contributed by atoms with van der Waals surface area (Å²) >= 11 is 0. The largest absolute Gasteiger partial charge is 0.465 e. The topological polar surface area (TPSA) is 108 Å². The van der Waals surface area contributed by atoms with Crippen LogP contribution in [0.4, 0.5) is 23.9 Å². The Morgan fingerprint density at radius 2 is 1.90 bits per heavy atom. The number of carboxylic acid groups (broad SMARTS) is 1. The van der Waals surface area contributed by atoms with Crippen LogP contribution in [0.15, 0.2) is 18.5 Å². The van der Waals surface area contributed by atoms with Gasteiger partial charge in [-0.05, 0) is 25.3 Å². The minimum Gasteiger partial charge on any atom is -0.465 e. The molecular weight excluding hydrogens is 405 g/mol. The second-order valence-electron chi connectivity index (χ2n) is 7.46. The van der Waals surface area contributed by atoms with E-state index in [0.717, 1.165) is 6.07 Å². The lowest BCUT2D eigenvalue weighted by Gasteiger charge is -2.40. The summed E-state index contributed by atoms with van der Waals surface area (Å²) in [5.41, 5.74) is -0.523. The van der Waals surface area contributed by atoms with Gasteiger partial charge in [-0.25, -0.2) is 14.8 Å². The van der Waals surface area contributed by atoms with E-state index in [9.17, 15) is 23.1 Å². The zero-order valence-electron chi connectivity index (χ0n) is 16.0. The second-order valence-corrected chi connectivity index (χ2v) is 7.46. The normalized spacial score (nSPS) is 20.3. The number of aromatic nitrogens is 4. The summed E-state index contributed by atoms with van der Waals surface area (Å²) < 4.78 is 41.8. The van der Waals surface area contributed by atoms with E-state index in [1.54, 1.807) is 15.8 Å². The molecule has 0 radical (unpaired) electrons. The molecule has 9 nitrogen and oxygen atoms in total. The molecule has 12 heteroatoms. The number of aliphatic hydroxyl groups is 1. The van der Waals surface area contributed by atoms with E-state index >= 15 is 0 Å². The molecule has 162 valence electrons. The summed E-state index contributed by atoms with van der Waals surface area (Å²) in [7, 11) is 0. The minimum absolute atomic E-state index is 0.0353. The predicted molar refractivity (Wildman–Crippen MR) is 99.0 cm³/mol. The average Bonchev–Trinajstić information content (AvgIpc) is 3.17. The Kier molecular flexibility index (Phi) is 5.26. The van der Waals surface area contributed by atoms with Crippen LogP contribution in [-0.4, -0.2) is 73.2 Å². The predicted octanol–water partition coefficient (Wildman–Crippen LogP) is 2.24. The zero-order chi connectivity index (χ0) is 21.5. The number of hydrogen-bond donors (Lipinski definition) is 2. The number of nitrogens with zero attached hydrogens (tertiary/aromatic N) is 6. The fraction of sp³-hybridized carbons (Fsp3) is 0.556. The summed E-state index contributed by atoms with van der Waals surface area (Å²) in [5.74, 6) is -0.0624. The van der Waals surface area contributed by atoms with Crippen LogP contribution in [0.25, 0.3) is 11.3 Å². The van der Waals surface area contributed by atoms with E-state index in [-0.39, 0.29) is 30.3 Å². The zero-order valence-corrected chi connectivity index (χ0v) is 16.0. The Morgan fingerprint density at radius 1 is 1.17 bits per heavy atom. The molecule has 2 saturated heterocycles. The van der Waals surface area contributed by atoms with Crippen LogP contribution in [0.3, 0.4) is 0 Å². The molecule has 4 rings (SSSR count). The first kappa shape index (κ1) is 20.4. The summed E-state index contributed by atoms with van der Waals surface area (Å²) in [6.45, 7) is 1.06. The van der Waals surface area contributed by atoms with Gasteiger partial charge in [-0.2, -0.15) is 18.3 Å². The highest BCUT2D eigenvalue weighted by atomic mass is 19.4. The first-order chi connectivity index (χ1) is 14.3. The maximum absolute atomic E-state index is 13.4. The molecule has 2 N–H and O–H groups in total. The molecule has 1 atom stereocenters. The number of carbonyl (C=O) groups is 1. The van der Waals surface area contributed by atoms with Crippen LogP contribution in [0.1, 0.15) is 31.0 Å². The van der Waals surface area contributed by atoms with Gasteiger partial charge in [0.15, 0.2) is 5.69 Å². The van der Waals surface area contributed by atoms with Crippen molar-refractivity contribution in [3.05, 3.63) is 24.2 Å². The van der Waals surface area contributed by atoms with Gasteiger partial charge in [-0.15, -0.1) is 0 Å². The Labute approximate surface area is 169 Å². The number of likely N-dealkylation sites (tertiary alicyclic amines) is 1. The Balaban J connectivity index is 1.60. The monoisotopic (exact) mass is 426 g/mol.